The molecule has 1 aliphatic rings. The van der Waals surface area contributed by atoms with E-state index in [1.54, 1.807) is 0 Å². The van der Waals surface area contributed by atoms with Crippen molar-refractivity contribution in [2.24, 2.45) is 0 Å². The second-order valence-corrected chi connectivity index (χ2v) is 4.16. The lowest BCUT2D eigenvalue weighted by Crippen LogP contribution is -2.29. The summed E-state index contributed by atoms with van der Waals surface area (Å²) in [6.07, 6.45) is 4.65. The first-order valence-electron chi connectivity index (χ1n) is 5.02. The van der Waals surface area contributed by atoms with Gasteiger partial charge in [-0.15, -0.1) is 5.10 Å². The molecule has 0 aromatic carbocycles. The van der Waals surface area contributed by atoms with Crippen LogP contribution < -0.4 is 5.32 Å². The molecule has 5 heteroatoms. The average Bonchev–Trinajstić information content (AvgIpc) is 2.65. The van der Waals surface area contributed by atoms with Gasteiger partial charge in [0.25, 0.3) is 4.84 Å². The van der Waals surface area contributed by atoms with E-state index in [0.717, 1.165) is 18.7 Å². The number of nitrogens with zero attached hydrogens (tertiary/aromatic N) is 1. The summed E-state index contributed by atoms with van der Waals surface area (Å²) in [6.45, 7) is 0. The highest BCUT2D eigenvalue weighted by molar-refractivity contribution is 7.71. The molecule has 0 radical (unpaired) electrons. The van der Waals surface area contributed by atoms with E-state index in [-0.39, 0.29) is 0 Å². The monoisotopic (exact) mass is 213 g/mol. The second-order valence-electron chi connectivity index (χ2n) is 3.79. The molecular formula is C9H15N3OS. The molecule has 14 heavy (non-hydrogen) atoms. The zero-order valence-electron chi connectivity index (χ0n) is 8.25. The van der Waals surface area contributed by atoms with Crippen molar-refractivity contribution in [2.75, 3.05) is 7.05 Å². The molecule has 1 aromatic rings. The molecule has 0 bridgehead atoms. The van der Waals surface area contributed by atoms with Crippen molar-refractivity contribution in [1.82, 2.24) is 15.5 Å². The minimum absolute atomic E-state index is 0.385. The number of nitrogens with one attached hydrogen (secondary N) is 2. The van der Waals surface area contributed by atoms with E-state index in [2.05, 4.69) is 15.5 Å². The molecular weight excluding hydrogens is 198 g/mol. The molecule has 0 spiro atoms. The van der Waals surface area contributed by atoms with E-state index in [1.807, 2.05) is 7.05 Å². The maximum absolute atomic E-state index is 5.32. The lowest BCUT2D eigenvalue weighted by Gasteiger charge is -2.25. The zero-order valence-corrected chi connectivity index (χ0v) is 9.06. The second kappa shape index (κ2) is 4.23. The summed E-state index contributed by atoms with van der Waals surface area (Å²) in [6, 6.07) is 0.660. The minimum Gasteiger partial charge on any atom is -0.414 e. The first-order valence-corrected chi connectivity index (χ1v) is 5.43. The topological polar surface area (TPSA) is 53.9 Å². The van der Waals surface area contributed by atoms with Crippen LogP contribution in [0.2, 0.25) is 0 Å². The maximum atomic E-state index is 5.32. The van der Waals surface area contributed by atoms with Crippen LogP contribution in [0.15, 0.2) is 4.42 Å². The number of aromatic nitrogens is 2. The fourth-order valence-corrected chi connectivity index (χ4v) is 2.18. The van der Waals surface area contributed by atoms with Gasteiger partial charge in [-0.1, -0.05) is 0 Å². The highest BCUT2D eigenvalue weighted by Crippen LogP contribution is 2.31. The Morgan fingerprint density at radius 2 is 2.14 bits per heavy atom. The molecule has 78 valence electrons. The molecule has 1 fully saturated rings. The number of rotatable bonds is 2. The largest absolute Gasteiger partial charge is 0.414 e. The Labute approximate surface area is 88.1 Å². The van der Waals surface area contributed by atoms with E-state index < -0.39 is 0 Å². The van der Waals surface area contributed by atoms with Crippen LogP contribution in [-0.2, 0) is 0 Å². The van der Waals surface area contributed by atoms with E-state index in [1.165, 1.54) is 12.8 Å². The van der Waals surface area contributed by atoms with Crippen LogP contribution in [-0.4, -0.2) is 23.3 Å². The molecule has 4 nitrogen and oxygen atoms in total. The normalized spacial score (nSPS) is 27.8. The van der Waals surface area contributed by atoms with Gasteiger partial charge in [-0.05, 0) is 44.9 Å². The number of aromatic amines is 1. The lowest BCUT2D eigenvalue weighted by atomic mass is 9.86. The highest BCUT2D eigenvalue weighted by Gasteiger charge is 2.24. The van der Waals surface area contributed by atoms with E-state index in [0.29, 0.717) is 16.8 Å². The van der Waals surface area contributed by atoms with Gasteiger partial charge < -0.3 is 9.73 Å². The highest BCUT2D eigenvalue weighted by atomic mass is 32.1. The van der Waals surface area contributed by atoms with Crippen LogP contribution >= 0.6 is 12.2 Å². The van der Waals surface area contributed by atoms with Crippen LogP contribution in [0.1, 0.15) is 37.5 Å². The standard InChI is InChI=1S/C9H15N3OS/c1-10-7-4-2-6(3-5-7)8-11-12-9(14)13-8/h6-7,10H,2-5H2,1H3,(H,12,14). The predicted octanol–water partition coefficient (Wildman–Crippen LogP) is 1.98. The smallest absolute Gasteiger partial charge is 0.284 e. The summed E-state index contributed by atoms with van der Waals surface area (Å²) in [4.78, 5) is 0.385. The average molecular weight is 213 g/mol. The molecule has 2 rings (SSSR count). The molecule has 1 aliphatic carbocycles. The number of H-pyrrole nitrogens is 1. The summed E-state index contributed by atoms with van der Waals surface area (Å²) in [5, 5.41) is 10.0. The third kappa shape index (κ3) is 2.04. The molecule has 0 atom stereocenters. The Hall–Kier alpha value is -0.680. The molecule has 1 saturated carbocycles. The van der Waals surface area contributed by atoms with Gasteiger partial charge in [-0.25, -0.2) is 5.10 Å². The van der Waals surface area contributed by atoms with Gasteiger partial charge in [0.1, 0.15) is 0 Å². The van der Waals surface area contributed by atoms with Gasteiger partial charge in [-0.3, -0.25) is 0 Å². The zero-order chi connectivity index (χ0) is 9.97. The Morgan fingerprint density at radius 3 is 2.64 bits per heavy atom. The molecule has 0 unspecified atom stereocenters. The van der Waals surface area contributed by atoms with Gasteiger partial charge >= 0.3 is 0 Å². The summed E-state index contributed by atoms with van der Waals surface area (Å²) in [5.41, 5.74) is 0. The first kappa shape index (κ1) is 9.86. The third-order valence-corrected chi connectivity index (χ3v) is 3.11. The minimum atomic E-state index is 0.385. The molecule has 0 aliphatic heterocycles. The van der Waals surface area contributed by atoms with Gasteiger partial charge in [0.05, 0.1) is 0 Å². The fraction of sp³-hybridized carbons (Fsp3) is 0.778. The van der Waals surface area contributed by atoms with Crippen LogP contribution in [0.3, 0.4) is 0 Å². The SMILES string of the molecule is CNC1CCC(c2n[nH]c(=S)o2)CC1. The Balaban J connectivity index is 1.98. The molecule has 1 heterocycles. The van der Waals surface area contributed by atoms with Crippen LogP contribution in [0.25, 0.3) is 0 Å². The first-order chi connectivity index (χ1) is 6.79. The quantitative estimate of drug-likeness (QED) is 0.738. The summed E-state index contributed by atoms with van der Waals surface area (Å²) in [7, 11) is 2.02. The summed E-state index contributed by atoms with van der Waals surface area (Å²) in [5.74, 6) is 1.23. The van der Waals surface area contributed by atoms with E-state index >= 15 is 0 Å². The van der Waals surface area contributed by atoms with Gasteiger partial charge in [-0.2, -0.15) is 0 Å². The van der Waals surface area contributed by atoms with Crippen LogP contribution in [0.5, 0.6) is 0 Å². The lowest BCUT2D eigenvalue weighted by molar-refractivity contribution is 0.315. The summed E-state index contributed by atoms with van der Waals surface area (Å²) >= 11 is 4.85. The van der Waals surface area contributed by atoms with Gasteiger partial charge in [0.2, 0.25) is 5.89 Å². The van der Waals surface area contributed by atoms with Crippen molar-refractivity contribution in [2.45, 2.75) is 37.6 Å². The predicted molar refractivity (Wildman–Crippen MR) is 55.7 cm³/mol. The van der Waals surface area contributed by atoms with Crippen molar-refractivity contribution in [1.29, 1.82) is 0 Å². The van der Waals surface area contributed by atoms with E-state index in [4.69, 9.17) is 16.6 Å². The van der Waals surface area contributed by atoms with E-state index in [9.17, 15) is 0 Å². The van der Waals surface area contributed by atoms with Crippen molar-refractivity contribution in [3.05, 3.63) is 10.7 Å². The number of hydrogen-bond donors (Lipinski definition) is 2. The van der Waals surface area contributed by atoms with Crippen LogP contribution in [0, 0.1) is 4.84 Å². The summed E-state index contributed by atoms with van der Waals surface area (Å²) < 4.78 is 5.32. The Bertz CT molecular complexity index is 338. The Morgan fingerprint density at radius 1 is 1.43 bits per heavy atom. The van der Waals surface area contributed by atoms with Crippen molar-refractivity contribution < 1.29 is 4.42 Å². The molecule has 0 saturated heterocycles. The van der Waals surface area contributed by atoms with Gasteiger partial charge in [0, 0.05) is 12.0 Å². The molecule has 2 N–H and O–H groups in total. The van der Waals surface area contributed by atoms with Crippen molar-refractivity contribution >= 4 is 12.2 Å². The molecule has 1 aromatic heterocycles. The van der Waals surface area contributed by atoms with Crippen molar-refractivity contribution in [3.63, 3.8) is 0 Å². The fourth-order valence-electron chi connectivity index (χ4n) is 2.05. The maximum Gasteiger partial charge on any atom is 0.284 e. The molecule has 0 amide bonds. The number of hydrogen-bond acceptors (Lipinski definition) is 4. The van der Waals surface area contributed by atoms with Crippen molar-refractivity contribution in [3.8, 4) is 0 Å². The van der Waals surface area contributed by atoms with Gasteiger partial charge in [0.15, 0.2) is 0 Å². The van der Waals surface area contributed by atoms with Crippen LogP contribution in [0.4, 0.5) is 0 Å². The third-order valence-electron chi connectivity index (χ3n) is 2.94. The Kier molecular flexibility index (Phi) is 2.98.